The number of rotatable bonds is 7. The minimum atomic E-state index is -0.189. The first-order valence-corrected chi connectivity index (χ1v) is 6.86. The van der Waals surface area contributed by atoms with Crippen molar-refractivity contribution in [2.75, 3.05) is 30.0 Å². The van der Waals surface area contributed by atoms with Crippen molar-refractivity contribution in [3.63, 3.8) is 0 Å². The summed E-state index contributed by atoms with van der Waals surface area (Å²) in [5.74, 6) is 2.43. The molecule has 0 aliphatic carbocycles. The molecule has 0 amide bonds. The van der Waals surface area contributed by atoms with Gasteiger partial charge in [-0.25, -0.2) is 4.98 Å². The molecule has 0 spiro atoms. The van der Waals surface area contributed by atoms with E-state index in [1.807, 2.05) is 0 Å². The van der Waals surface area contributed by atoms with Crippen molar-refractivity contribution >= 4 is 33.5 Å². The predicted molar refractivity (Wildman–Crippen MR) is 70.1 cm³/mol. The van der Waals surface area contributed by atoms with Gasteiger partial charge in [0.1, 0.15) is 10.3 Å². The van der Waals surface area contributed by atoms with Crippen LogP contribution in [0.1, 0.15) is 6.42 Å². The number of nitrogens with zero attached hydrogens (tertiary/aromatic N) is 1. The van der Waals surface area contributed by atoms with E-state index in [4.69, 9.17) is 5.11 Å². The molecule has 0 fully saturated rings. The normalized spacial score (nSPS) is 10.4. The third-order valence-corrected chi connectivity index (χ3v) is 3.59. The quantitative estimate of drug-likeness (QED) is 0.657. The van der Waals surface area contributed by atoms with Crippen LogP contribution >= 0.6 is 27.7 Å². The van der Waals surface area contributed by atoms with Crippen molar-refractivity contribution in [2.24, 2.45) is 0 Å². The van der Waals surface area contributed by atoms with E-state index in [9.17, 15) is 4.79 Å². The Labute approximate surface area is 106 Å². The van der Waals surface area contributed by atoms with Crippen molar-refractivity contribution in [3.8, 4) is 0 Å². The van der Waals surface area contributed by atoms with E-state index in [2.05, 4.69) is 31.2 Å². The molecule has 0 saturated carbocycles. The maximum Gasteiger partial charge on any atom is 0.267 e. The molecule has 0 aromatic carbocycles. The molecule has 3 N–H and O–H groups in total. The molecular weight excluding hydrogens is 294 g/mol. The Balaban J connectivity index is 2.27. The lowest BCUT2D eigenvalue weighted by molar-refractivity contribution is 0.296. The molecule has 0 saturated heterocycles. The Morgan fingerprint density at radius 2 is 2.38 bits per heavy atom. The first-order valence-electron chi connectivity index (χ1n) is 4.91. The number of hydrogen-bond donors (Lipinski definition) is 3. The van der Waals surface area contributed by atoms with Gasteiger partial charge in [-0.05, 0) is 28.1 Å². The second-order valence-electron chi connectivity index (χ2n) is 3.01. The summed E-state index contributed by atoms with van der Waals surface area (Å²) in [6, 6.07) is 0. The second kappa shape index (κ2) is 7.70. The summed E-state index contributed by atoms with van der Waals surface area (Å²) in [5.41, 5.74) is -0.189. The number of halogens is 1. The minimum Gasteiger partial charge on any atom is -0.396 e. The number of aromatic amines is 1. The van der Waals surface area contributed by atoms with Crippen LogP contribution < -0.4 is 10.9 Å². The molecule has 5 nitrogen and oxygen atoms in total. The largest absolute Gasteiger partial charge is 0.396 e. The molecule has 1 rings (SSSR count). The number of hydrogen-bond acceptors (Lipinski definition) is 5. The molecule has 0 atom stereocenters. The van der Waals surface area contributed by atoms with Crippen LogP contribution in [-0.4, -0.2) is 39.7 Å². The van der Waals surface area contributed by atoms with E-state index < -0.39 is 0 Å². The highest BCUT2D eigenvalue weighted by Crippen LogP contribution is 2.13. The summed E-state index contributed by atoms with van der Waals surface area (Å²) in [4.78, 5) is 17.7. The zero-order valence-electron chi connectivity index (χ0n) is 8.70. The van der Waals surface area contributed by atoms with E-state index in [1.165, 1.54) is 6.33 Å². The molecule has 1 aromatic heterocycles. The van der Waals surface area contributed by atoms with Gasteiger partial charge >= 0.3 is 0 Å². The summed E-state index contributed by atoms with van der Waals surface area (Å²) in [6.07, 6.45) is 2.19. The van der Waals surface area contributed by atoms with E-state index in [0.717, 1.165) is 24.5 Å². The van der Waals surface area contributed by atoms with Gasteiger partial charge in [0, 0.05) is 18.9 Å². The molecule has 16 heavy (non-hydrogen) atoms. The van der Waals surface area contributed by atoms with Crippen molar-refractivity contribution in [2.45, 2.75) is 6.42 Å². The molecule has 90 valence electrons. The van der Waals surface area contributed by atoms with Crippen molar-refractivity contribution in [1.29, 1.82) is 0 Å². The number of nitrogens with one attached hydrogen (secondary N) is 2. The standard InChI is InChI=1S/C9H14BrN3O2S/c10-7-8(12-6-13-9(7)15)11-2-5-16-4-1-3-14/h6,14H,1-5H2,(H2,11,12,13,15). The fraction of sp³-hybridized carbons (Fsp3) is 0.556. The van der Waals surface area contributed by atoms with E-state index >= 15 is 0 Å². The molecule has 0 bridgehead atoms. The maximum absolute atomic E-state index is 11.2. The molecule has 0 aliphatic heterocycles. The predicted octanol–water partition coefficient (Wildman–Crippen LogP) is 1.06. The Bertz CT molecular complexity index is 372. The van der Waals surface area contributed by atoms with Crippen molar-refractivity contribution in [3.05, 3.63) is 21.2 Å². The zero-order valence-corrected chi connectivity index (χ0v) is 11.1. The molecule has 1 aromatic rings. The highest BCUT2D eigenvalue weighted by molar-refractivity contribution is 9.10. The molecule has 0 radical (unpaired) electrons. The Morgan fingerprint density at radius 3 is 3.12 bits per heavy atom. The highest BCUT2D eigenvalue weighted by Gasteiger charge is 2.03. The number of thioether (sulfide) groups is 1. The fourth-order valence-electron chi connectivity index (χ4n) is 1.02. The van der Waals surface area contributed by atoms with Crippen LogP contribution in [0, 0.1) is 0 Å². The number of aliphatic hydroxyl groups is 1. The van der Waals surface area contributed by atoms with Gasteiger partial charge < -0.3 is 15.4 Å². The van der Waals surface area contributed by atoms with Gasteiger partial charge in [-0.1, -0.05) is 0 Å². The van der Waals surface area contributed by atoms with Crippen molar-refractivity contribution < 1.29 is 5.11 Å². The Hall–Kier alpha value is -0.530. The lowest BCUT2D eigenvalue weighted by Crippen LogP contribution is -2.13. The van der Waals surface area contributed by atoms with Crippen LogP contribution in [-0.2, 0) is 0 Å². The Kier molecular flexibility index (Phi) is 6.51. The first-order chi connectivity index (χ1) is 7.75. The summed E-state index contributed by atoms with van der Waals surface area (Å²) in [5, 5.41) is 11.7. The maximum atomic E-state index is 11.2. The third kappa shape index (κ3) is 4.54. The number of anilines is 1. The molecule has 0 aliphatic rings. The lowest BCUT2D eigenvalue weighted by Gasteiger charge is -2.05. The molecule has 1 heterocycles. The van der Waals surface area contributed by atoms with Gasteiger partial charge in [-0.3, -0.25) is 4.79 Å². The van der Waals surface area contributed by atoms with Crippen LogP contribution in [0.5, 0.6) is 0 Å². The second-order valence-corrected chi connectivity index (χ2v) is 5.03. The third-order valence-electron chi connectivity index (χ3n) is 1.78. The van der Waals surface area contributed by atoms with Gasteiger partial charge in [-0.15, -0.1) is 0 Å². The fourth-order valence-corrected chi connectivity index (χ4v) is 2.16. The van der Waals surface area contributed by atoms with Gasteiger partial charge in [0.25, 0.3) is 5.56 Å². The van der Waals surface area contributed by atoms with Crippen LogP contribution in [0.25, 0.3) is 0 Å². The molecular formula is C9H14BrN3O2S. The number of aromatic nitrogens is 2. The number of H-pyrrole nitrogens is 1. The zero-order chi connectivity index (χ0) is 11.8. The monoisotopic (exact) mass is 307 g/mol. The topological polar surface area (TPSA) is 78.0 Å². The smallest absolute Gasteiger partial charge is 0.267 e. The lowest BCUT2D eigenvalue weighted by atomic mass is 10.5. The summed E-state index contributed by atoms with van der Waals surface area (Å²) < 4.78 is 0.426. The average molecular weight is 308 g/mol. The molecule has 7 heteroatoms. The summed E-state index contributed by atoms with van der Waals surface area (Å²) >= 11 is 4.92. The molecule has 0 unspecified atom stereocenters. The van der Waals surface area contributed by atoms with Gasteiger partial charge in [0.2, 0.25) is 0 Å². The summed E-state index contributed by atoms with van der Waals surface area (Å²) in [6.45, 7) is 0.979. The van der Waals surface area contributed by atoms with Gasteiger partial charge in [-0.2, -0.15) is 11.8 Å². The van der Waals surface area contributed by atoms with Gasteiger partial charge in [0.05, 0.1) is 6.33 Å². The van der Waals surface area contributed by atoms with Crippen molar-refractivity contribution in [1.82, 2.24) is 9.97 Å². The van der Waals surface area contributed by atoms with E-state index in [0.29, 0.717) is 10.3 Å². The van der Waals surface area contributed by atoms with Crippen LogP contribution in [0.4, 0.5) is 5.82 Å². The summed E-state index contributed by atoms with van der Waals surface area (Å²) in [7, 11) is 0. The van der Waals surface area contributed by atoms with Gasteiger partial charge in [0.15, 0.2) is 0 Å². The average Bonchev–Trinajstić information content (AvgIpc) is 2.29. The first kappa shape index (κ1) is 13.5. The van der Waals surface area contributed by atoms with Crippen LogP contribution in [0.15, 0.2) is 15.6 Å². The SMILES string of the molecule is O=c1[nH]cnc(NCCSCCCO)c1Br. The van der Waals surface area contributed by atoms with Crippen LogP contribution in [0.2, 0.25) is 0 Å². The Morgan fingerprint density at radius 1 is 1.56 bits per heavy atom. The van der Waals surface area contributed by atoms with E-state index in [1.54, 1.807) is 11.8 Å². The number of aliphatic hydroxyl groups excluding tert-OH is 1. The highest BCUT2D eigenvalue weighted by atomic mass is 79.9. The van der Waals surface area contributed by atoms with Crippen LogP contribution in [0.3, 0.4) is 0 Å². The minimum absolute atomic E-state index is 0.189. The van der Waals surface area contributed by atoms with E-state index in [-0.39, 0.29) is 12.2 Å².